The van der Waals surface area contributed by atoms with Crippen LogP contribution in [0.4, 0.5) is 4.39 Å². The van der Waals surface area contributed by atoms with Gasteiger partial charge in [-0.3, -0.25) is 4.98 Å². The molecule has 3 rings (SSSR count). The van der Waals surface area contributed by atoms with Gasteiger partial charge in [-0.15, -0.1) is 0 Å². The lowest BCUT2D eigenvalue weighted by Crippen LogP contribution is -2.04. The number of esters is 1. The van der Waals surface area contributed by atoms with Crippen LogP contribution < -0.4 is 0 Å². The predicted octanol–water partition coefficient (Wildman–Crippen LogP) is 3.23. The van der Waals surface area contributed by atoms with Crippen LogP contribution in [0.1, 0.15) is 16.1 Å². The number of hydrogen-bond donors (Lipinski definition) is 0. The number of ether oxygens (including phenoxy) is 1. The third kappa shape index (κ3) is 3.01. The molecule has 0 aliphatic heterocycles. The van der Waals surface area contributed by atoms with Gasteiger partial charge < -0.3 is 9.26 Å². The molecule has 0 saturated heterocycles. The van der Waals surface area contributed by atoms with Crippen molar-refractivity contribution >= 4 is 5.97 Å². The molecule has 0 N–H and O–H groups in total. The van der Waals surface area contributed by atoms with E-state index in [0.29, 0.717) is 22.6 Å². The number of nitrogens with zero attached hydrogens (tertiary/aromatic N) is 2. The molecule has 0 radical (unpaired) electrons. The zero-order valence-corrected chi connectivity index (χ0v) is 11.4. The minimum Gasteiger partial charge on any atom is -0.454 e. The average Bonchev–Trinajstić information content (AvgIpc) is 3.02. The highest BCUT2D eigenvalue weighted by molar-refractivity contribution is 5.88. The van der Waals surface area contributed by atoms with Crippen LogP contribution in [0.5, 0.6) is 0 Å². The second kappa shape index (κ2) is 6.17. The van der Waals surface area contributed by atoms with Crippen LogP contribution in [-0.4, -0.2) is 16.1 Å². The molecule has 0 fully saturated rings. The second-order valence-electron chi connectivity index (χ2n) is 4.48. The molecule has 3 aromatic rings. The Labute approximate surface area is 125 Å². The number of pyridine rings is 1. The Morgan fingerprint density at radius 2 is 2.09 bits per heavy atom. The second-order valence-corrected chi connectivity index (χ2v) is 4.48. The van der Waals surface area contributed by atoms with Crippen LogP contribution in [0.15, 0.2) is 59.4 Å². The van der Waals surface area contributed by atoms with Gasteiger partial charge in [-0.2, -0.15) is 0 Å². The number of carbonyl (C=O) groups is 1. The minimum absolute atomic E-state index is 0.0881. The Hall–Kier alpha value is -3.02. The summed E-state index contributed by atoms with van der Waals surface area (Å²) in [5.41, 5.74) is 1.03. The summed E-state index contributed by atoms with van der Waals surface area (Å²) in [5, 5.41) is 3.78. The molecule has 110 valence electrons. The maximum Gasteiger partial charge on any atom is 0.340 e. The fraction of sp³-hybridized carbons (Fsp3) is 0.0625. The Balaban J connectivity index is 1.68. The van der Waals surface area contributed by atoms with Crippen molar-refractivity contribution < 1.29 is 18.4 Å². The summed E-state index contributed by atoms with van der Waals surface area (Å²) in [6, 6.07) is 11.0. The fourth-order valence-corrected chi connectivity index (χ4v) is 1.88. The van der Waals surface area contributed by atoms with E-state index in [-0.39, 0.29) is 6.61 Å². The van der Waals surface area contributed by atoms with Gasteiger partial charge in [0.05, 0.1) is 5.56 Å². The Morgan fingerprint density at radius 1 is 1.23 bits per heavy atom. The van der Waals surface area contributed by atoms with Crippen LogP contribution in [-0.2, 0) is 11.3 Å². The molecular weight excluding hydrogens is 287 g/mol. The summed E-state index contributed by atoms with van der Waals surface area (Å²) in [7, 11) is 0. The van der Waals surface area contributed by atoms with E-state index in [1.54, 1.807) is 36.5 Å². The molecule has 22 heavy (non-hydrogen) atoms. The van der Waals surface area contributed by atoms with Crippen molar-refractivity contribution in [2.75, 3.05) is 0 Å². The van der Waals surface area contributed by atoms with Gasteiger partial charge in [0.25, 0.3) is 0 Å². The lowest BCUT2D eigenvalue weighted by atomic mass is 10.1. The number of carbonyl (C=O) groups excluding carboxylic acids is 1. The monoisotopic (exact) mass is 298 g/mol. The summed E-state index contributed by atoms with van der Waals surface area (Å²) >= 11 is 0. The third-order valence-corrected chi connectivity index (χ3v) is 2.95. The van der Waals surface area contributed by atoms with Gasteiger partial charge in [0, 0.05) is 24.0 Å². The van der Waals surface area contributed by atoms with Crippen molar-refractivity contribution in [2.45, 2.75) is 6.61 Å². The molecule has 0 unspecified atom stereocenters. The van der Waals surface area contributed by atoms with Crippen LogP contribution in [0, 0.1) is 5.82 Å². The third-order valence-electron chi connectivity index (χ3n) is 2.95. The number of benzene rings is 1. The Kier molecular flexibility index (Phi) is 3.91. The van der Waals surface area contributed by atoms with Gasteiger partial charge >= 0.3 is 5.97 Å². The first-order valence-corrected chi connectivity index (χ1v) is 6.51. The molecule has 0 aliphatic rings. The lowest BCUT2D eigenvalue weighted by molar-refractivity contribution is 0.0437. The van der Waals surface area contributed by atoms with Crippen molar-refractivity contribution in [3.63, 3.8) is 0 Å². The molecule has 0 amide bonds. The number of hydrogen-bond acceptors (Lipinski definition) is 5. The maximum absolute atomic E-state index is 13.6. The quantitative estimate of drug-likeness (QED) is 0.692. The standard InChI is InChI=1S/C16H11FN2O3/c17-14-6-2-1-5-13(14)15-8-12(22-19-15)10-21-16(20)11-4-3-7-18-9-11/h1-9H,10H2. The molecule has 2 heterocycles. The highest BCUT2D eigenvalue weighted by Gasteiger charge is 2.13. The van der Waals surface area contributed by atoms with E-state index < -0.39 is 11.8 Å². The van der Waals surface area contributed by atoms with E-state index in [1.165, 1.54) is 18.3 Å². The van der Waals surface area contributed by atoms with Crippen molar-refractivity contribution in [1.82, 2.24) is 10.1 Å². The van der Waals surface area contributed by atoms with Gasteiger partial charge in [-0.1, -0.05) is 17.3 Å². The van der Waals surface area contributed by atoms with Crippen LogP contribution in [0.2, 0.25) is 0 Å². The first kappa shape index (κ1) is 13.9. The van der Waals surface area contributed by atoms with Crippen molar-refractivity contribution in [3.05, 3.63) is 72.0 Å². The van der Waals surface area contributed by atoms with E-state index in [4.69, 9.17) is 9.26 Å². The Morgan fingerprint density at radius 3 is 2.86 bits per heavy atom. The molecular formula is C16H11FN2O3. The molecule has 0 atom stereocenters. The molecule has 0 bridgehead atoms. The topological polar surface area (TPSA) is 65.2 Å². The van der Waals surface area contributed by atoms with Gasteiger partial charge in [0.15, 0.2) is 12.4 Å². The summed E-state index contributed by atoms with van der Waals surface area (Å²) < 4.78 is 23.8. The van der Waals surface area contributed by atoms with Gasteiger partial charge in [0.1, 0.15) is 11.5 Å². The zero-order chi connectivity index (χ0) is 15.4. The first-order chi connectivity index (χ1) is 10.7. The van der Waals surface area contributed by atoms with E-state index in [2.05, 4.69) is 10.1 Å². The Bertz CT molecular complexity index is 787. The molecule has 0 aliphatic carbocycles. The highest BCUT2D eigenvalue weighted by atomic mass is 19.1. The van der Waals surface area contributed by atoms with Crippen molar-refractivity contribution in [1.29, 1.82) is 0 Å². The smallest absolute Gasteiger partial charge is 0.340 e. The highest BCUT2D eigenvalue weighted by Crippen LogP contribution is 2.22. The predicted molar refractivity (Wildman–Crippen MR) is 75.3 cm³/mol. The normalized spacial score (nSPS) is 10.4. The molecule has 6 heteroatoms. The SMILES string of the molecule is O=C(OCc1cc(-c2ccccc2F)no1)c1cccnc1. The summed E-state index contributed by atoms with van der Waals surface area (Å²) in [4.78, 5) is 15.6. The van der Waals surface area contributed by atoms with Crippen molar-refractivity contribution in [2.24, 2.45) is 0 Å². The lowest BCUT2D eigenvalue weighted by Gasteiger charge is -2.01. The molecule has 5 nitrogen and oxygen atoms in total. The molecule has 1 aromatic carbocycles. The first-order valence-electron chi connectivity index (χ1n) is 6.51. The summed E-state index contributed by atoms with van der Waals surface area (Å²) in [6.45, 7) is -0.0881. The van der Waals surface area contributed by atoms with E-state index in [9.17, 15) is 9.18 Å². The van der Waals surface area contributed by atoms with E-state index in [0.717, 1.165) is 0 Å². The number of aromatic nitrogens is 2. The molecule has 2 aromatic heterocycles. The van der Waals surface area contributed by atoms with Gasteiger partial charge in [-0.25, -0.2) is 9.18 Å². The molecule has 0 spiro atoms. The average molecular weight is 298 g/mol. The molecule has 0 saturated carbocycles. The van der Waals surface area contributed by atoms with Crippen LogP contribution >= 0.6 is 0 Å². The summed E-state index contributed by atoms with van der Waals surface area (Å²) in [5.74, 6) is -0.581. The fourth-order valence-electron chi connectivity index (χ4n) is 1.88. The zero-order valence-electron chi connectivity index (χ0n) is 11.4. The largest absolute Gasteiger partial charge is 0.454 e. The van der Waals surface area contributed by atoms with Crippen LogP contribution in [0.25, 0.3) is 11.3 Å². The van der Waals surface area contributed by atoms with Crippen LogP contribution in [0.3, 0.4) is 0 Å². The number of halogens is 1. The minimum atomic E-state index is -0.517. The van der Waals surface area contributed by atoms with Gasteiger partial charge in [-0.05, 0) is 24.3 Å². The summed E-state index contributed by atoms with van der Waals surface area (Å²) in [6.07, 6.45) is 2.97. The van der Waals surface area contributed by atoms with E-state index >= 15 is 0 Å². The van der Waals surface area contributed by atoms with Gasteiger partial charge in [0.2, 0.25) is 0 Å². The van der Waals surface area contributed by atoms with E-state index in [1.807, 2.05) is 0 Å². The number of rotatable bonds is 4. The maximum atomic E-state index is 13.6. The van der Waals surface area contributed by atoms with Crippen molar-refractivity contribution in [3.8, 4) is 11.3 Å².